The largest absolute Gasteiger partial charge is 0.289 e. The molecule has 0 radical (unpaired) electrons. The summed E-state index contributed by atoms with van der Waals surface area (Å²) >= 11 is 1.94. The van der Waals surface area contributed by atoms with E-state index in [2.05, 4.69) is 37.0 Å². The first-order valence-electron chi connectivity index (χ1n) is 5.09. The summed E-state index contributed by atoms with van der Waals surface area (Å²) in [5, 5.41) is 0. The number of hydrogen-bond donors (Lipinski definition) is 0. The minimum Gasteiger partial charge on any atom is -0.289 e. The highest BCUT2D eigenvalue weighted by molar-refractivity contribution is 7.99. The van der Waals surface area contributed by atoms with E-state index in [1.54, 1.807) is 0 Å². The van der Waals surface area contributed by atoms with Gasteiger partial charge in [0.05, 0.1) is 0 Å². The molecule has 1 aliphatic rings. The molecular formula is C12H15NS. The number of aliphatic imine (C=N–C) groups is 1. The predicted octanol–water partition coefficient (Wildman–Crippen LogP) is 3.16. The van der Waals surface area contributed by atoms with Crippen LogP contribution in [0.2, 0.25) is 0 Å². The first-order chi connectivity index (χ1) is 6.83. The van der Waals surface area contributed by atoms with Crippen LogP contribution in [0.5, 0.6) is 0 Å². The van der Waals surface area contributed by atoms with Gasteiger partial charge in [-0.2, -0.15) is 0 Å². The summed E-state index contributed by atoms with van der Waals surface area (Å²) in [6.45, 7) is 5.27. The van der Waals surface area contributed by atoms with Gasteiger partial charge >= 0.3 is 0 Å². The summed E-state index contributed by atoms with van der Waals surface area (Å²) in [6, 6.07) is 6.56. The van der Waals surface area contributed by atoms with Crippen molar-refractivity contribution < 1.29 is 0 Å². The van der Waals surface area contributed by atoms with Gasteiger partial charge in [0.1, 0.15) is 0 Å². The molecule has 0 atom stereocenters. The van der Waals surface area contributed by atoms with Crippen LogP contribution < -0.4 is 0 Å². The van der Waals surface area contributed by atoms with Gasteiger partial charge in [-0.05, 0) is 36.3 Å². The maximum Gasteiger partial charge on any atom is 0.0433 e. The van der Waals surface area contributed by atoms with Gasteiger partial charge in [-0.3, -0.25) is 4.99 Å². The minimum absolute atomic E-state index is 0.958. The molecular weight excluding hydrogens is 190 g/mol. The van der Waals surface area contributed by atoms with Crippen molar-refractivity contribution in [2.45, 2.75) is 25.2 Å². The Bertz CT molecular complexity index is 369. The van der Waals surface area contributed by atoms with Crippen molar-refractivity contribution >= 4 is 17.5 Å². The molecule has 1 aromatic carbocycles. The maximum atomic E-state index is 4.48. The first-order valence-corrected chi connectivity index (χ1v) is 6.07. The van der Waals surface area contributed by atoms with E-state index in [1.165, 1.54) is 21.7 Å². The van der Waals surface area contributed by atoms with Crippen molar-refractivity contribution in [1.29, 1.82) is 0 Å². The van der Waals surface area contributed by atoms with Crippen molar-refractivity contribution in [2.75, 3.05) is 12.3 Å². The zero-order valence-electron chi connectivity index (χ0n) is 8.71. The second-order valence-electron chi connectivity index (χ2n) is 3.43. The second kappa shape index (κ2) is 4.18. The third-order valence-corrected chi connectivity index (χ3v) is 3.52. The number of fused-ring (bicyclic) bond motifs is 1. The molecule has 0 saturated heterocycles. The van der Waals surface area contributed by atoms with Crippen molar-refractivity contribution in [3.63, 3.8) is 0 Å². The Morgan fingerprint density at radius 2 is 2.29 bits per heavy atom. The normalized spacial score (nSPS) is 14.9. The third kappa shape index (κ3) is 1.71. The molecule has 1 aliphatic heterocycles. The van der Waals surface area contributed by atoms with Crippen LogP contribution in [0, 0.1) is 0 Å². The van der Waals surface area contributed by atoms with Gasteiger partial charge in [-0.25, -0.2) is 0 Å². The average molecular weight is 205 g/mol. The van der Waals surface area contributed by atoms with E-state index in [-0.39, 0.29) is 0 Å². The Labute approximate surface area is 89.6 Å². The molecule has 1 heterocycles. The predicted molar refractivity (Wildman–Crippen MR) is 63.6 cm³/mol. The fourth-order valence-electron chi connectivity index (χ4n) is 1.87. The molecule has 14 heavy (non-hydrogen) atoms. The molecule has 0 saturated carbocycles. The lowest BCUT2D eigenvalue weighted by Crippen LogP contribution is -2.10. The number of rotatable bonds is 2. The minimum atomic E-state index is 0.958. The Morgan fingerprint density at radius 1 is 1.43 bits per heavy atom. The summed E-state index contributed by atoms with van der Waals surface area (Å²) in [6.07, 6.45) is 1.11. The van der Waals surface area contributed by atoms with Crippen LogP contribution in [-0.2, 0) is 6.42 Å². The Kier molecular flexibility index (Phi) is 2.92. The fraction of sp³-hybridized carbons (Fsp3) is 0.417. The molecule has 0 bridgehead atoms. The van der Waals surface area contributed by atoms with Gasteiger partial charge in [0.15, 0.2) is 0 Å². The molecule has 0 amide bonds. The quantitative estimate of drug-likeness (QED) is 0.676. The van der Waals surface area contributed by atoms with E-state index < -0.39 is 0 Å². The van der Waals surface area contributed by atoms with Gasteiger partial charge in [-0.15, -0.1) is 11.8 Å². The molecule has 0 unspecified atom stereocenters. The average Bonchev–Trinajstić information content (AvgIpc) is 2.20. The smallest absolute Gasteiger partial charge is 0.0433 e. The number of nitrogens with zero attached hydrogens (tertiary/aromatic N) is 1. The van der Waals surface area contributed by atoms with Gasteiger partial charge in [0.2, 0.25) is 0 Å². The van der Waals surface area contributed by atoms with Crippen LogP contribution in [-0.4, -0.2) is 18.0 Å². The monoisotopic (exact) mass is 205 g/mol. The molecule has 0 N–H and O–H groups in total. The summed E-state index contributed by atoms with van der Waals surface area (Å²) in [5.74, 6) is 1.15. The number of thioether (sulfide) groups is 1. The number of hydrogen-bond acceptors (Lipinski definition) is 2. The Morgan fingerprint density at radius 3 is 3.07 bits per heavy atom. The van der Waals surface area contributed by atoms with Crippen LogP contribution in [0.4, 0.5) is 0 Å². The summed E-state index contributed by atoms with van der Waals surface area (Å²) < 4.78 is 0. The van der Waals surface area contributed by atoms with Gasteiger partial charge in [0, 0.05) is 17.2 Å². The van der Waals surface area contributed by atoms with Gasteiger partial charge in [0.25, 0.3) is 0 Å². The Balaban J connectivity index is 2.46. The lowest BCUT2D eigenvalue weighted by molar-refractivity contribution is 0.917. The maximum absolute atomic E-state index is 4.48. The van der Waals surface area contributed by atoms with Crippen LogP contribution >= 0.6 is 11.8 Å². The lowest BCUT2D eigenvalue weighted by Gasteiger charge is -2.17. The second-order valence-corrected chi connectivity index (χ2v) is 4.74. The van der Waals surface area contributed by atoms with Crippen LogP contribution in [0.3, 0.4) is 0 Å². The van der Waals surface area contributed by atoms with Gasteiger partial charge in [-0.1, -0.05) is 19.1 Å². The van der Waals surface area contributed by atoms with Crippen molar-refractivity contribution in [3.05, 3.63) is 29.3 Å². The lowest BCUT2D eigenvalue weighted by atomic mass is 9.98. The van der Waals surface area contributed by atoms with Crippen LogP contribution in [0.25, 0.3) is 0 Å². The van der Waals surface area contributed by atoms with E-state index in [0.717, 1.165) is 18.7 Å². The molecule has 74 valence electrons. The first kappa shape index (κ1) is 9.78. The Hall–Kier alpha value is -0.760. The van der Waals surface area contributed by atoms with Crippen LogP contribution in [0.1, 0.15) is 25.0 Å². The van der Waals surface area contributed by atoms with Crippen LogP contribution in [0.15, 0.2) is 28.1 Å². The van der Waals surface area contributed by atoms with Crippen molar-refractivity contribution in [1.82, 2.24) is 0 Å². The molecule has 2 heteroatoms. The molecule has 2 rings (SSSR count). The third-order valence-electron chi connectivity index (χ3n) is 2.53. The highest BCUT2D eigenvalue weighted by Gasteiger charge is 2.13. The van der Waals surface area contributed by atoms with E-state index >= 15 is 0 Å². The fourth-order valence-corrected chi connectivity index (χ4v) is 2.75. The molecule has 0 aliphatic carbocycles. The topological polar surface area (TPSA) is 12.4 Å². The van der Waals surface area contributed by atoms with E-state index in [0.29, 0.717) is 0 Å². The zero-order valence-corrected chi connectivity index (χ0v) is 9.53. The highest BCUT2D eigenvalue weighted by atomic mass is 32.2. The van der Waals surface area contributed by atoms with E-state index in [4.69, 9.17) is 0 Å². The summed E-state index contributed by atoms with van der Waals surface area (Å²) in [5.41, 5.74) is 4.06. The summed E-state index contributed by atoms with van der Waals surface area (Å²) in [7, 11) is 0. The molecule has 0 spiro atoms. The van der Waals surface area contributed by atoms with E-state index in [9.17, 15) is 0 Å². The standard InChI is InChI=1S/C12H15NS/c1-3-14-12-6-4-5-10-9(2)13-8-7-11(10)12/h4-6H,3,7-8H2,1-2H3. The molecule has 0 aromatic heterocycles. The molecule has 1 aromatic rings. The summed E-state index contributed by atoms with van der Waals surface area (Å²) in [4.78, 5) is 5.92. The van der Waals surface area contributed by atoms with Crippen molar-refractivity contribution in [3.8, 4) is 0 Å². The molecule has 0 fully saturated rings. The SMILES string of the molecule is CCSc1cccc2c1CCN=C2C. The number of benzene rings is 1. The molecule has 1 nitrogen and oxygen atoms in total. The highest BCUT2D eigenvalue weighted by Crippen LogP contribution is 2.28. The van der Waals surface area contributed by atoms with Crippen molar-refractivity contribution in [2.24, 2.45) is 4.99 Å². The van der Waals surface area contributed by atoms with E-state index in [1.807, 2.05) is 11.8 Å². The zero-order chi connectivity index (χ0) is 9.97. The van der Waals surface area contributed by atoms with Gasteiger partial charge < -0.3 is 0 Å².